The van der Waals surface area contributed by atoms with Gasteiger partial charge in [-0.2, -0.15) is 5.10 Å². The van der Waals surface area contributed by atoms with Gasteiger partial charge in [-0.1, -0.05) is 20.8 Å². The van der Waals surface area contributed by atoms with E-state index in [1.165, 1.54) is 0 Å². The maximum atomic E-state index is 5.26. The lowest BCUT2D eigenvalue weighted by Gasteiger charge is -2.14. The minimum absolute atomic E-state index is 0.0432. The molecule has 0 atom stereocenters. The molecule has 0 fully saturated rings. The topological polar surface area (TPSA) is 60.0 Å². The van der Waals surface area contributed by atoms with Crippen LogP contribution < -0.4 is 9.47 Å². The summed E-state index contributed by atoms with van der Waals surface area (Å²) in [5.41, 5.74) is 2.72. The molecule has 3 rings (SSSR count). The third-order valence-electron chi connectivity index (χ3n) is 2.88. The van der Waals surface area contributed by atoms with Gasteiger partial charge in [0.15, 0.2) is 5.75 Å². The normalized spacial score (nSPS) is 13.9. The molecule has 1 aliphatic rings. The Balaban J connectivity index is 1.98. The molecule has 18 heavy (non-hydrogen) atoms. The van der Waals surface area contributed by atoms with Crippen LogP contribution >= 0.6 is 0 Å². The van der Waals surface area contributed by atoms with Crippen molar-refractivity contribution in [1.82, 2.24) is 15.2 Å². The van der Waals surface area contributed by atoms with Gasteiger partial charge in [-0.25, -0.2) is 4.98 Å². The summed E-state index contributed by atoms with van der Waals surface area (Å²) >= 11 is 0. The minimum atomic E-state index is 0.0432. The third kappa shape index (κ3) is 1.81. The summed E-state index contributed by atoms with van der Waals surface area (Å²) in [5, 5.41) is 7.34. The van der Waals surface area contributed by atoms with E-state index in [0.717, 1.165) is 17.1 Å². The quantitative estimate of drug-likeness (QED) is 0.838. The Hall–Kier alpha value is -2.04. The maximum absolute atomic E-state index is 5.26. The SMILES string of the molecule is CC(C)(C)c1cc(-c2ccc3c(n2)OCO3)n[nH]1. The van der Waals surface area contributed by atoms with E-state index >= 15 is 0 Å². The molecule has 94 valence electrons. The van der Waals surface area contributed by atoms with Crippen molar-refractivity contribution in [3.05, 3.63) is 23.9 Å². The van der Waals surface area contributed by atoms with E-state index in [4.69, 9.17) is 9.47 Å². The van der Waals surface area contributed by atoms with Gasteiger partial charge in [-0.3, -0.25) is 5.10 Å². The summed E-state index contributed by atoms with van der Waals surface area (Å²) in [6.45, 7) is 6.64. The zero-order valence-electron chi connectivity index (χ0n) is 10.7. The first-order valence-corrected chi connectivity index (χ1v) is 5.87. The highest BCUT2D eigenvalue weighted by Gasteiger charge is 2.20. The van der Waals surface area contributed by atoms with E-state index < -0.39 is 0 Å². The fourth-order valence-electron chi connectivity index (χ4n) is 1.77. The first-order valence-electron chi connectivity index (χ1n) is 5.87. The highest BCUT2D eigenvalue weighted by molar-refractivity contribution is 5.57. The summed E-state index contributed by atoms with van der Waals surface area (Å²) in [6, 6.07) is 5.76. The fourth-order valence-corrected chi connectivity index (χ4v) is 1.77. The highest BCUT2D eigenvalue weighted by atomic mass is 16.7. The Kier molecular flexibility index (Phi) is 2.29. The summed E-state index contributed by atoms with van der Waals surface area (Å²) in [7, 11) is 0. The molecular formula is C13H15N3O2. The molecule has 0 aliphatic carbocycles. The molecule has 1 aliphatic heterocycles. The van der Waals surface area contributed by atoms with Gasteiger partial charge in [0, 0.05) is 11.1 Å². The van der Waals surface area contributed by atoms with E-state index in [2.05, 4.69) is 36.0 Å². The molecule has 0 saturated heterocycles. The van der Waals surface area contributed by atoms with Crippen molar-refractivity contribution in [2.45, 2.75) is 26.2 Å². The number of pyridine rings is 1. The Bertz CT molecular complexity index is 584. The average molecular weight is 245 g/mol. The van der Waals surface area contributed by atoms with Crippen LogP contribution in [-0.2, 0) is 5.41 Å². The standard InChI is InChI=1S/C13H15N3O2/c1-13(2,3)11-6-9(15-16-11)8-4-5-10-12(14-8)18-7-17-10/h4-6H,7H2,1-3H3,(H,15,16). The van der Waals surface area contributed by atoms with Crippen LogP contribution in [0.2, 0.25) is 0 Å². The zero-order valence-corrected chi connectivity index (χ0v) is 10.7. The molecule has 0 radical (unpaired) electrons. The second-order valence-electron chi connectivity index (χ2n) is 5.32. The molecule has 0 amide bonds. The lowest BCUT2D eigenvalue weighted by atomic mass is 9.92. The van der Waals surface area contributed by atoms with Gasteiger partial charge in [0.05, 0.1) is 5.69 Å². The van der Waals surface area contributed by atoms with Crippen LogP contribution in [0.25, 0.3) is 11.4 Å². The zero-order chi connectivity index (χ0) is 12.8. The Morgan fingerprint density at radius 1 is 1.17 bits per heavy atom. The molecule has 0 bridgehead atoms. The van der Waals surface area contributed by atoms with Gasteiger partial charge in [0.1, 0.15) is 5.69 Å². The molecule has 0 aromatic carbocycles. The van der Waals surface area contributed by atoms with E-state index in [1.807, 2.05) is 18.2 Å². The third-order valence-corrected chi connectivity index (χ3v) is 2.88. The summed E-state index contributed by atoms with van der Waals surface area (Å²) in [6.07, 6.45) is 0. The van der Waals surface area contributed by atoms with E-state index in [9.17, 15) is 0 Å². The van der Waals surface area contributed by atoms with Gasteiger partial charge in [0.2, 0.25) is 6.79 Å². The number of rotatable bonds is 1. The molecule has 0 spiro atoms. The Morgan fingerprint density at radius 2 is 2.00 bits per heavy atom. The van der Waals surface area contributed by atoms with E-state index in [0.29, 0.717) is 11.6 Å². The predicted molar refractivity (Wildman–Crippen MR) is 66.6 cm³/mol. The second-order valence-corrected chi connectivity index (χ2v) is 5.32. The minimum Gasteiger partial charge on any atom is -0.452 e. The first-order chi connectivity index (χ1) is 8.54. The van der Waals surface area contributed by atoms with Gasteiger partial charge < -0.3 is 9.47 Å². The molecule has 5 heteroatoms. The van der Waals surface area contributed by atoms with Crippen LogP contribution in [0.15, 0.2) is 18.2 Å². The van der Waals surface area contributed by atoms with Crippen LogP contribution in [0.1, 0.15) is 26.5 Å². The first kappa shape index (κ1) is 11.1. The second kappa shape index (κ2) is 3.73. The average Bonchev–Trinajstić information content (AvgIpc) is 2.96. The van der Waals surface area contributed by atoms with Crippen molar-refractivity contribution in [2.75, 3.05) is 6.79 Å². The molecule has 5 nitrogen and oxygen atoms in total. The maximum Gasteiger partial charge on any atom is 0.260 e. The molecule has 2 aromatic rings. The number of fused-ring (bicyclic) bond motifs is 1. The van der Waals surface area contributed by atoms with Crippen molar-refractivity contribution >= 4 is 0 Å². The number of nitrogens with zero attached hydrogens (tertiary/aromatic N) is 2. The van der Waals surface area contributed by atoms with Gasteiger partial charge in [-0.05, 0) is 18.2 Å². The van der Waals surface area contributed by atoms with Crippen LogP contribution in [0.4, 0.5) is 0 Å². The lowest BCUT2D eigenvalue weighted by Crippen LogP contribution is -2.11. The number of nitrogens with one attached hydrogen (secondary N) is 1. The van der Waals surface area contributed by atoms with Crippen LogP contribution in [0.5, 0.6) is 11.6 Å². The Morgan fingerprint density at radius 3 is 2.72 bits per heavy atom. The van der Waals surface area contributed by atoms with E-state index in [-0.39, 0.29) is 12.2 Å². The van der Waals surface area contributed by atoms with Gasteiger partial charge in [-0.15, -0.1) is 0 Å². The molecule has 3 heterocycles. The molecular weight excluding hydrogens is 230 g/mol. The number of H-pyrrole nitrogens is 1. The number of aromatic nitrogens is 3. The van der Waals surface area contributed by atoms with Crippen molar-refractivity contribution in [3.8, 4) is 23.0 Å². The smallest absolute Gasteiger partial charge is 0.260 e. The van der Waals surface area contributed by atoms with Crippen molar-refractivity contribution in [3.63, 3.8) is 0 Å². The summed E-state index contributed by atoms with van der Waals surface area (Å²) in [4.78, 5) is 4.39. The van der Waals surface area contributed by atoms with Crippen molar-refractivity contribution in [2.24, 2.45) is 0 Å². The fraction of sp³-hybridized carbons (Fsp3) is 0.385. The van der Waals surface area contributed by atoms with Crippen LogP contribution in [0.3, 0.4) is 0 Å². The predicted octanol–water partition coefficient (Wildman–Crippen LogP) is 2.50. The van der Waals surface area contributed by atoms with Crippen molar-refractivity contribution in [1.29, 1.82) is 0 Å². The molecule has 2 aromatic heterocycles. The van der Waals surface area contributed by atoms with Crippen LogP contribution in [0, 0.1) is 0 Å². The number of hydrogen-bond donors (Lipinski definition) is 1. The van der Waals surface area contributed by atoms with Gasteiger partial charge in [0.25, 0.3) is 5.88 Å². The highest BCUT2D eigenvalue weighted by Crippen LogP contribution is 2.32. The van der Waals surface area contributed by atoms with Crippen LogP contribution in [-0.4, -0.2) is 22.0 Å². The Labute approximate surface area is 105 Å². The molecule has 1 N–H and O–H groups in total. The number of ether oxygens (including phenoxy) is 2. The monoisotopic (exact) mass is 245 g/mol. The van der Waals surface area contributed by atoms with Crippen molar-refractivity contribution < 1.29 is 9.47 Å². The number of hydrogen-bond acceptors (Lipinski definition) is 4. The summed E-state index contributed by atoms with van der Waals surface area (Å²) < 4.78 is 10.5. The summed E-state index contributed by atoms with van der Waals surface area (Å²) in [5.74, 6) is 1.22. The lowest BCUT2D eigenvalue weighted by molar-refractivity contribution is 0.171. The van der Waals surface area contributed by atoms with E-state index in [1.54, 1.807) is 0 Å². The van der Waals surface area contributed by atoms with Gasteiger partial charge >= 0.3 is 0 Å². The molecule has 0 unspecified atom stereocenters. The largest absolute Gasteiger partial charge is 0.452 e. The number of aromatic amines is 1. The molecule has 0 saturated carbocycles.